The first kappa shape index (κ1) is 21.8. The zero-order valence-electron chi connectivity index (χ0n) is 16.2. The monoisotopic (exact) mass is 432 g/mol. The van der Waals surface area contributed by atoms with Crippen LogP contribution >= 0.6 is 11.6 Å². The van der Waals surface area contributed by atoms with Gasteiger partial charge in [-0.25, -0.2) is 4.98 Å². The molecule has 6 nitrogen and oxygen atoms in total. The van der Waals surface area contributed by atoms with E-state index in [-0.39, 0.29) is 17.5 Å². The Balaban J connectivity index is 1.55. The van der Waals surface area contributed by atoms with Crippen LogP contribution in [0.25, 0.3) is 0 Å². The number of pyridine rings is 1. The highest BCUT2D eigenvalue weighted by Crippen LogP contribution is 2.29. The van der Waals surface area contributed by atoms with E-state index in [1.807, 2.05) is 9.80 Å². The molecule has 0 radical (unpaired) electrons. The Hall–Kier alpha value is -1.87. The summed E-state index contributed by atoms with van der Waals surface area (Å²) < 4.78 is 38.1. The fourth-order valence-electron chi connectivity index (χ4n) is 3.78. The van der Waals surface area contributed by atoms with Gasteiger partial charge in [-0.2, -0.15) is 13.2 Å². The van der Waals surface area contributed by atoms with E-state index >= 15 is 0 Å². The van der Waals surface area contributed by atoms with Crippen LogP contribution in [-0.4, -0.2) is 76.8 Å². The average Bonchev–Trinajstić information content (AvgIpc) is 2.67. The zero-order valence-corrected chi connectivity index (χ0v) is 17.0. The molecule has 0 saturated carbocycles. The van der Waals surface area contributed by atoms with Crippen molar-refractivity contribution < 1.29 is 22.8 Å². The molecule has 2 aliphatic rings. The number of piperazine rings is 1. The Kier molecular flexibility index (Phi) is 6.68. The van der Waals surface area contributed by atoms with E-state index in [1.165, 1.54) is 4.90 Å². The van der Waals surface area contributed by atoms with Crippen LogP contribution in [-0.2, 0) is 11.0 Å². The summed E-state index contributed by atoms with van der Waals surface area (Å²) in [4.78, 5) is 33.9. The second-order valence-corrected chi connectivity index (χ2v) is 7.89. The van der Waals surface area contributed by atoms with Gasteiger partial charge in [-0.15, -0.1) is 0 Å². The maximum atomic E-state index is 12.7. The van der Waals surface area contributed by atoms with Crippen molar-refractivity contribution in [3.63, 3.8) is 0 Å². The van der Waals surface area contributed by atoms with Crippen molar-refractivity contribution in [3.8, 4) is 0 Å². The number of alkyl halides is 3. The van der Waals surface area contributed by atoms with Crippen molar-refractivity contribution in [2.24, 2.45) is 0 Å². The Morgan fingerprint density at radius 1 is 1.14 bits per heavy atom. The van der Waals surface area contributed by atoms with Crippen LogP contribution < -0.4 is 0 Å². The first-order valence-electron chi connectivity index (χ1n) is 9.71. The van der Waals surface area contributed by atoms with Crippen molar-refractivity contribution >= 4 is 23.4 Å². The van der Waals surface area contributed by atoms with Gasteiger partial charge in [-0.3, -0.25) is 14.5 Å². The second-order valence-electron chi connectivity index (χ2n) is 7.53. The van der Waals surface area contributed by atoms with Crippen molar-refractivity contribution in [3.05, 3.63) is 28.5 Å². The van der Waals surface area contributed by atoms with Gasteiger partial charge in [-0.1, -0.05) is 11.6 Å². The van der Waals surface area contributed by atoms with E-state index in [1.54, 1.807) is 0 Å². The smallest absolute Gasteiger partial charge is 0.339 e. The molecule has 0 aliphatic carbocycles. The first-order chi connectivity index (χ1) is 13.7. The molecule has 2 fully saturated rings. The summed E-state index contributed by atoms with van der Waals surface area (Å²) in [6.45, 7) is 4.96. The lowest BCUT2D eigenvalue weighted by atomic mass is 10.0. The average molecular weight is 433 g/mol. The van der Waals surface area contributed by atoms with E-state index in [0.29, 0.717) is 32.7 Å². The lowest BCUT2D eigenvalue weighted by Gasteiger charge is -2.38. The van der Waals surface area contributed by atoms with Gasteiger partial charge in [0.05, 0.1) is 12.1 Å². The summed E-state index contributed by atoms with van der Waals surface area (Å²) in [7, 11) is 0. The van der Waals surface area contributed by atoms with Crippen LogP contribution in [0.3, 0.4) is 0 Å². The second kappa shape index (κ2) is 8.87. The topological polar surface area (TPSA) is 56.8 Å². The number of carbonyl (C=O) groups is 2. The summed E-state index contributed by atoms with van der Waals surface area (Å²) in [5, 5.41) is -0.457. The van der Waals surface area contributed by atoms with Crippen LogP contribution in [0.15, 0.2) is 12.1 Å². The third kappa shape index (κ3) is 5.19. The number of aromatic nitrogens is 1. The van der Waals surface area contributed by atoms with Crippen molar-refractivity contribution in [1.82, 2.24) is 19.7 Å². The third-order valence-electron chi connectivity index (χ3n) is 5.51. The summed E-state index contributed by atoms with van der Waals surface area (Å²) in [5.41, 5.74) is -1.18. The molecule has 1 atom stereocenters. The first-order valence-corrected chi connectivity index (χ1v) is 10.1. The van der Waals surface area contributed by atoms with E-state index in [4.69, 9.17) is 11.6 Å². The number of nitrogens with zero attached hydrogens (tertiary/aromatic N) is 4. The Morgan fingerprint density at radius 3 is 2.41 bits per heavy atom. The number of amides is 2. The van der Waals surface area contributed by atoms with Crippen LogP contribution in [0, 0.1) is 0 Å². The highest BCUT2D eigenvalue weighted by Gasteiger charge is 2.34. The predicted molar refractivity (Wildman–Crippen MR) is 102 cm³/mol. The van der Waals surface area contributed by atoms with Crippen LogP contribution in [0.4, 0.5) is 13.2 Å². The largest absolute Gasteiger partial charge is 0.433 e. The van der Waals surface area contributed by atoms with Crippen LogP contribution in [0.1, 0.15) is 42.2 Å². The molecule has 160 valence electrons. The fourth-order valence-corrected chi connectivity index (χ4v) is 4.02. The molecular weight excluding hydrogens is 409 g/mol. The van der Waals surface area contributed by atoms with Gasteiger partial charge in [0.2, 0.25) is 5.91 Å². The maximum Gasteiger partial charge on any atom is 0.433 e. The number of hydrogen-bond donors (Lipinski definition) is 0. The van der Waals surface area contributed by atoms with E-state index in [2.05, 4.69) is 11.9 Å². The minimum Gasteiger partial charge on any atom is -0.339 e. The van der Waals surface area contributed by atoms with Crippen LogP contribution in [0.2, 0.25) is 5.15 Å². The molecule has 2 saturated heterocycles. The Bertz CT molecular complexity index is 766. The highest BCUT2D eigenvalue weighted by atomic mass is 35.5. The number of piperidine rings is 1. The van der Waals surface area contributed by atoms with Gasteiger partial charge in [0, 0.05) is 38.8 Å². The molecule has 1 unspecified atom stereocenters. The van der Waals surface area contributed by atoms with Gasteiger partial charge in [0.15, 0.2) is 0 Å². The molecule has 29 heavy (non-hydrogen) atoms. The van der Waals surface area contributed by atoms with Gasteiger partial charge in [0.25, 0.3) is 5.91 Å². The van der Waals surface area contributed by atoms with Crippen molar-refractivity contribution in [2.45, 2.75) is 38.4 Å². The molecule has 2 aliphatic heterocycles. The Morgan fingerprint density at radius 2 is 1.83 bits per heavy atom. The molecule has 0 spiro atoms. The highest BCUT2D eigenvalue weighted by molar-refractivity contribution is 6.32. The fraction of sp³-hybridized carbons (Fsp3) is 0.632. The van der Waals surface area contributed by atoms with Crippen molar-refractivity contribution in [2.75, 3.05) is 39.3 Å². The molecular formula is C19H24ClF3N4O2. The molecule has 0 aromatic carbocycles. The molecule has 2 amide bonds. The normalized spacial score (nSPS) is 21.3. The Labute approximate surface area is 172 Å². The molecule has 0 N–H and O–H groups in total. The van der Waals surface area contributed by atoms with E-state index < -0.39 is 22.9 Å². The molecule has 3 rings (SSSR count). The molecule has 3 heterocycles. The molecule has 1 aromatic heterocycles. The summed E-state index contributed by atoms with van der Waals surface area (Å²) >= 11 is 5.83. The SMILES string of the molecule is CC1CCCCN1C(=O)CN1CCN(C(=O)c2ccc(C(F)(F)F)nc2Cl)CC1. The minimum atomic E-state index is -4.62. The van der Waals surface area contributed by atoms with Gasteiger partial charge < -0.3 is 9.80 Å². The van der Waals surface area contributed by atoms with E-state index in [0.717, 1.165) is 37.9 Å². The van der Waals surface area contributed by atoms with Gasteiger partial charge in [0.1, 0.15) is 10.8 Å². The third-order valence-corrected chi connectivity index (χ3v) is 5.80. The lowest BCUT2D eigenvalue weighted by Crippen LogP contribution is -2.53. The maximum absolute atomic E-state index is 12.7. The van der Waals surface area contributed by atoms with E-state index in [9.17, 15) is 22.8 Å². The quantitative estimate of drug-likeness (QED) is 0.689. The van der Waals surface area contributed by atoms with Gasteiger partial charge >= 0.3 is 6.18 Å². The van der Waals surface area contributed by atoms with Crippen molar-refractivity contribution in [1.29, 1.82) is 0 Å². The lowest BCUT2D eigenvalue weighted by molar-refractivity contribution is -0.141. The summed E-state index contributed by atoms with van der Waals surface area (Å²) in [6, 6.07) is 2.08. The number of likely N-dealkylation sites (tertiary alicyclic amines) is 1. The number of carbonyl (C=O) groups excluding carboxylic acids is 2. The summed E-state index contributed by atoms with van der Waals surface area (Å²) in [5.74, 6) is -0.348. The van der Waals surface area contributed by atoms with Gasteiger partial charge in [-0.05, 0) is 38.3 Å². The molecule has 0 bridgehead atoms. The standard InChI is InChI=1S/C19H24ClF3N4O2/c1-13-4-2-3-7-27(13)16(28)12-25-8-10-26(11-9-25)18(29)14-5-6-15(19(21,22)23)24-17(14)20/h5-6,13H,2-4,7-12H2,1H3. The molecule has 1 aromatic rings. The van der Waals surface area contributed by atoms with Crippen LogP contribution in [0.5, 0.6) is 0 Å². The summed E-state index contributed by atoms with van der Waals surface area (Å²) in [6.07, 6.45) is -1.42. The number of hydrogen-bond acceptors (Lipinski definition) is 4. The zero-order chi connectivity index (χ0) is 21.2. The number of rotatable bonds is 3. The predicted octanol–water partition coefficient (Wildman–Crippen LogP) is 2.91. The molecule has 10 heteroatoms. The minimum absolute atomic E-state index is 0.0497. The number of halogens is 4.